The van der Waals surface area contributed by atoms with Gasteiger partial charge in [-0.15, -0.1) is 11.8 Å². The summed E-state index contributed by atoms with van der Waals surface area (Å²) in [6, 6.07) is 4.90. The lowest BCUT2D eigenvalue weighted by atomic mass is 10.1. The number of halogens is 6. The molecule has 3 rings (SSSR count). The van der Waals surface area contributed by atoms with Gasteiger partial charge in [0, 0.05) is 16.7 Å². The van der Waals surface area contributed by atoms with Crippen molar-refractivity contribution in [2.75, 3.05) is 11.4 Å². The van der Waals surface area contributed by atoms with Gasteiger partial charge in [0.15, 0.2) is 0 Å². The van der Waals surface area contributed by atoms with Crippen molar-refractivity contribution < 1.29 is 31.1 Å². The highest BCUT2D eigenvalue weighted by molar-refractivity contribution is 8.00. The van der Waals surface area contributed by atoms with Gasteiger partial charge in [-0.05, 0) is 43.7 Å². The van der Waals surface area contributed by atoms with Gasteiger partial charge in [0.1, 0.15) is 5.69 Å². The molecule has 2 aromatic rings. The minimum Gasteiger partial charge on any atom is -0.307 e. The van der Waals surface area contributed by atoms with Gasteiger partial charge in [0.25, 0.3) is 5.91 Å². The van der Waals surface area contributed by atoms with Crippen LogP contribution in [0.3, 0.4) is 0 Å². The van der Waals surface area contributed by atoms with Gasteiger partial charge < -0.3 is 4.90 Å². The molecule has 0 aliphatic carbocycles. The van der Waals surface area contributed by atoms with Crippen molar-refractivity contribution in [3.05, 3.63) is 52.8 Å². The van der Waals surface area contributed by atoms with Gasteiger partial charge in [-0.25, -0.2) is 4.98 Å². The van der Waals surface area contributed by atoms with Crippen molar-refractivity contribution in [2.45, 2.75) is 42.8 Å². The van der Waals surface area contributed by atoms with E-state index in [4.69, 9.17) is 0 Å². The molecule has 3 nitrogen and oxygen atoms in total. The van der Waals surface area contributed by atoms with Crippen LogP contribution in [-0.4, -0.2) is 22.7 Å². The van der Waals surface area contributed by atoms with E-state index < -0.39 is 29.5 Å². The molecule has 1 aromatic carbocycles. The molecular formula is C19H16F6N2OS. The highest BCUT2D eigenvalue weighted by Gasteiger charge is 2.35. The monoisotopic (exact) mass is 434 g/mol. The molecule has 1 atom stereocenters. The zero-order valence-electron chi connectivity index (χ0n) is 15.4. The van der Waals surface area contributed by atoms with Gasteiger partial charge in [0.05, 0.1) is 22.5 Å². The van der Waals surface area contributed by atoms with Crippen LogP contribution in [0.15, 0.2) is 35.2 Å². The summed E-state index contributed by atoms with van der Waals surface area (Å²) in [5.74, 6) is -0.681. The summed E-state index contributed by atoms with van der Waals surface area (Å²) in [4.78, 5) is 18.2. The van der Waals surface area contributed by atoms with Gasteiger partial charge in [-0.1, -0.05) is 6.92 Å². The van der Waals surface area contributed by atoms with E-state index in [0.717, 1.165) is 18.2 Å². The Bertz CT molecular complexity index is 941. The highest BCUT2D eigenvalue weighted by Crippen LogP contribution is 2.42. The van der Waals surface area contributed by atoms with Crippen molar-refractivity contribution in [1.29, 1.82) is 0 Å². The fraction of sp³-hybridized carbons (Fsp3) is 0.368. The molecule has 1 unspecified atom stereocenters. The molecule has 0 spiro atoms. The van der Waals surface area contributed by atoms with E-state index >= 15 is 0 Å². The van der Waals surface area contributed by atoms with Crippen LogP contribution in [0.2, 0.25) is 0 Å². The van der Waals surface area contributed by atoms with Crippen molar-refractivity contribution in [2.24, 2.45) is 0 Å². The fourth-order valence-corrected chi connectivity index (χ4v) is 4.11. The Morgan fingerprint density at radius 3 is 2.38 bits per heavy atom. The maximum absolute atomic E-state index is 13.2. The standard InChI is InChI=1S/C19H16F6N2OS/c1-10-7-8-27(14-9-12(18(20,21)22)3-5-15(14)29-10)17(28)13-4-6-16(19(23,24)25)26-11(13)2/h3-6,9-10H,7-8H2,1-2H3. The molecule has 0 radical (unpaired) electrons. The molecule has 1 aliphatic rings. The lowest BCUT2D eigenvalue weighted by molar-refractivity contribution is -0.141. The molecule has 0 bridgehead atoms. The minimum absolute atomic E-state index is 0.0510. The van der Waals surface area contributed by atoms with E-state index in [0.29, 0.717) is 17.4 Å². The number of amides is 1. The minimum atomic E-state index is -4.66. The lowest BCUT2D eigenvalue weighted by Crippen LogP contribution is -2.33. The third-order valence-corrected chi connectivity index (χ3v) is 5.75. The smallest absolute Gasteiger partial charge is 0.307 e. The van der Waals surface area contributed by atoms with Crippen molar-refractivity contribution in [3.63, 3.8) is 0 Å². The molecule has 0 fully saturated rings. The number of pyridine rings is 1. The Hall–Kier alpha value is -2.23. The Labute approximate surface area is 167 Å². The third-order valence-electron chi connectivity index (χ3n) is 4.52. The van der Waals surface area contributed by atoms with E-state index in [1.165, 1.54) is 29.7 Å². The molecule has 10 heteroatoms. The first kappa shape index (κ1) is 21.5. The van der Waals surface area contributed by atoms with Crippen LogP contribution >= 0.6 is 11.8 Å². The average Bonchev–Trinajstić information content (AvgIpc) is 2.77. The molecule has 2 heterocycles. The second-order valence-corrected chi connectivity index (χ2v) is 8.16. The normalized spacial score (nSPS) is 17.7. The zero-order valence-corrected chi connectivity index (χ0v) is 16.2. The number of benzene rings is 1. The molecule has 1 aromatic heterocycles. The molecule has 0 saturated carbocycles. The van der Waals surface area contributed by atoms with E-state index in [1.807, 2.05) is 6.92 Å². The number of anilines is 1. The largest absolute Gasteiger partial charge is 0.433 e. The number of nitrogens with zero attached hydrogens (tertiary/aromatic N) is 2. The summed E-state index contributed by atoms with van der Waals surface area (Å²) < 4.78 is 78.1. The number of alkyl halides is 6. The van der Waals surface area contributed by atoms with Crippen LogP contribution in [0.4, 0.5) is 32.0 Å². The summed E-state index contributed by atoms with van der Waals surface area (Å²) in [6.07, 6.45) is -8.73. The quantitative estimate of drug-likeness (QED) is 0.520. The first-order valence-electron chi connectivity index (χ1n) is 8.62. The SMILES string of the molecule is Cc1nc(C(F)(F)F)ccc1C(=O)N1CCC(C)Sc2ccc(C(F)(F)F)cc21. The van der Waals surface area contributed by atoms with Gasteiger partial charge in [-0.3, -0.25) is 4.79 Å². The van der Waals surface area contributed by atoms with E-state index in [9.17, 15) is 31.1 Å². The first-order chi connectivity index (χ1) is 13.4. The van der Waals surface area contributed by atoms with Gasteiger partial charge in [0.2, 0.25) is 0 Å². The highest BCUT2D eigenvalue weighted by atomic mass is 32.2. The molecule has 0 saturated heterocycles. The Morgan fingerprint density at radius 2 is 1.79 bits per heavy atom. The fourth-order valence-electron chi connectivity index (χ4n) is 3.01. The Balaban J connectivity index is 2.06. The summed E-state index contributed by atoms with van der Waals surface area (Å²) >= 11 is 1.35. The predicted molar refractivity (Wildman–Crippen MR) is 97.0 cm³/mol. The second-order valence-electron chi connectivity index (χ2n) is 6.68. The predicted octanol–water partition coefficient (Wildman–Crippen LogP) is 5.96. The Kier molecular flexibility index (Phi) is 5.59. The van der Waals surface area contributed by atoms with Crippen molar-refractivity contribution in [3.8, 4) is 0 Å². The van der Waals surface area contributed by atoms with Crippen molar-refractivity contribution in [1.82, 2.24) is 4.98 Å². The van der Waals surface area contributed by atoms with Crippen molar-refractivity contribution >= 4 is 23.4 Å². The summed E-state index contributed by atoms with van der Waals surface area (Å²) in [7, 11) is 0. The number of thioether (sulfide) groups is 1. The molecule has 156 valence electrons. The lowest BCUT2D eigenvalue weighted by Gasteiger charge is -2.24. The number of hydrogen-bond acceptors (Lipinski definition) is 3. The van der Waals surface area contributed by atoms with Gasteiger partial charge in [-0.2, -0.15) is 26.3 Å². The second kappa shape index (κ2) is 7.55. The van der Waals surface area contributed by atoms with E-state index in [1.54, 1.807) is 0 Å². The molecule has 29 heavy (non-hydrogen) atoms. The number of hydrogen-bond donors (Lipinski definition) is 0. The van der Waals surface area contributed by atoms with Crippen LogP contribution in [0.1, 0.15) is 40.7 Å². The maximum atomic E-state index is 13.2. The molecule has 1 aliphatic heterocycles. The van der Waals surface area contributed by atoms with E-state index in [2.05, 4.69) is 4.98 Å². The summed E-state index contributed by atoms with van der Waals surface area (Å²) in [6.45, 7) is 3.30. The van der Waals surface area contributed by atoms with E-state index in [-0.39, 0.29) is 28.7 Å². The van der Waals surface area contributed by atoms with Crippen LogP contribution < -0.4 is 4.90 Å². The summed E-state index contributed by atoms with van der Waals surface area (Å²) in [5, 5.41) is 0.0510. The van der Waals surface area contributed by atoms with Crippen LogP contribution in [0.25, 0.3) is 0 Å². The maximum Gasteiger partial charge on any atom is 0.433 e. The third kappa shape index (κ3) is 4.52. The zero-order chi connectivity index (χ0) is 21.6. The number of aryl methyl sites for hydroxylation is 1. The van der Waals surface area contributed by atoms with Crippen LogP contribution in [0.5, 0.6) is 0 Å². The van der Waals surface area contributed by atoms with Crippen LogP contribution in [0, 0.1) is 6.92 Å². The average molecular weight is 434 g/mol. The molecule has 0 N–H and O–H groups in total. The van der Waals surface area contributed by atoms with Crippen LogP contribution in [-0.2, 0) is 12.4 Å². The number of aromatic nitrogens is 1. The Morgan fingerprint density at radius 1 is 1.10 bits per heavy atom. The number of fused-ring (bicyclic) bond motifs is 1. The topological polar surface area (TPSA) is 33.2 Å². The first-order valence-corrected chi connectivity index (χ1v) is 9.50. The number of carbonyl (C=O) groups is 1. The summed E-state index contributed by atoms with van der Waals surface area (Å²) in [5.41, 5.74) is -2.15. The number of carbonyl (C=O) groups excluding carboxylic acids is 1. The molecule has 1 amide bonds. The number of rotatable bonds is 1. The molecular weight excluding hydrogens is 418 g/mol. The van der Waals surface area contributed by atoms with Gasteiger partial charge >= 0.3 is 12.4 Å².